The molecule has 0 fully saturated rings. The maximum Gasteiger partial charge on any atom is 0.246 e. The Morgan fingerprint density at radius 2 is 2.00 bits per heavy atom. The molecule has 0 unspecified atom stereocenters. The lowest BCUT2D eigenvalue weighted by Gasteiger charge is -2.14. The Balaban J connectivity index is 3.80. The summed E-state index contributed by atoms with van der Waals surface area (Å²) in [5.41, 5.74) is 5.24. The number of nitrogens with two attached hydrogens (primary N) is 1. The van der Waals surface area contributed by atoms with Gasteiger partial charge in [-0.15, -0.1) is 6.58 Å². The smallest absolute Gasteiger partial charge is 0.246 e. The Hall–Kier alpha value is -1.36. The van der Waals surface area contributed by atoms with Crippen LogP contribution >= 0.6 is 0 Å². The number of carbonyl (C=O) groups excluding carboxylic acids is 2. The first kappa shape index (κ1) is 16.6. The van der Waals surface area contributed by atoms with Gasteiger partial charge in [-0.1, -0.05) is 25.3 Å². The zero-order valence-electron chi connectivity index (χ0n) is 11.1. The summed E-state index contributed by atoms with van der Waals surface area (Å²) < 4.78 is 4.68. The van der Waals surface area contributed by atoms with Gasteiger partial charge >= 0.3 is 0 Å². The van der Waals surface area contributed by atoms with E-state index in [-0.39, 0.29) is 12.5 Å². The number of methoxy groups -OCH3 is 1. The van der Waals surface area contributed by atoms with Crippen molar-refractivity contribution in [1.82, 2.24) is 5.32 Å². The van der Waals surface area contributed by atoms with Gasteiger partial charge < -0.3 is 15.8 Å². The number of primary amides is 1. The summed E-state index contributed by atoms with van der Waals surface area (Å²) in [7, 11) is 1.43. The van der Waals surface area contributed by atoms with Crippen LogP contribution in [0.2, 0.25) is 0 Å². The summed E-state index contributed by atoms with van der Waals surface area (Å²) >= 11 is 0. The van der Waals surface area contributed by atoms with Crippen LogP contribution in [0.15, 0.2) is 12.7 Å². The van der Waals surface area contributed by atoms with Crippen LogP contribution in [0.5, 0.6) is 0 Å². The van der Waals surface area contributed by atoms with Crippen molar-refractivity contribution in [3.63, 3.8) is 0 Å². The highest BCUT2D eigenvalue weighted by Gasteiger charge is 2.16. The highest BCUT2D eigenvalue weighted by atomic mass is 16.5. The first-order valence-corrected chi connectivity index (χ1v) is 6.30. The zero-order chi connectivity index (χ0) is 13.8. The molecule has 0 radical (unpaired) electrons. The van der Waals surface area contributed by atoms with E-state index in [0.29, 0.717) is 6.42 Å². The number of carbonyl (C=O) groups is 2. The maximum absolute atomic E-state index is 11.3. The van der Waals surface area contributed by atoms with E-state index in [0.717, 1.165) is 32.1 Å². The fourth-order valence-corrected chi connectivity index (χ4v) is 1.64. The quantitative estimate of drug-likeness (QED) is 0.429. The molecule has 18 heavy (non-hydrogen) atoms. The van der Waals surface area contributed by atoms with Crippen LogP contribution < -0.4 is 11.1 Å². The molecule has 3 N–H and O–H groups in total. The van der Waals surface area contributed by atoms with Crippen LogP contribution in [-0.2, 0) is 14.3 Å². The highest BCUT2D eigenvalue weighted by Crippen LogP contribution is 2.07. The van der Waals surface area contributed by atoms with E-state index in [1.54, 1.807) is 0 Å². The molecular formula is C13H24N2O3. The van der Waals surface area contributed by atoms with Crippen molar-refractivity contribution < 1.29 is 14.3 Å². The van der Waals surface area contributed by atoms with Crippen LogP contribution in [0.1, 0.15) is 38.5 Å². The van der Waals surface area contributed by atoms with Crippen molar-refractivity contribution in [1.29, 1.82) is 0 Å². The minimum Gasteiger partial charge on any atom is -0.375 e. The number of unbranched alkanes of at least 4 members (excludes halogenated alkanes) is 4. The molecule has 0 aliphatic heterocycles. The summed E-state index contributed by atoms with van der Waals surface area (Å²) in [6, 6.07) is -0.591. The van der Waals surface area contributed by atoms with Crippen molar-refractivity contribution in [3.8, 4) is 0 Å². The van der Waals surface area contributed by atoms with Crippen molar-refractivity contribution in [2.75, 3.05) is 13.7 Å². The fraction of sp³-hybridized carbons (Fsp3) is 0.692. The Labute approximate surface area is 109 Å². The number of rotatable bonds is 11. The van der Waals surface area contributed by atoms with E-state index in [4.69, 9.17) is 5.73 Å². The molecule has 1 atom stereocenters. The van der Waals surface area contributed by atoms with E-state index in [9.17, 15) is 9.59 Å². The minimum atomic E-state index is -0.591. The third-order valence-corrected chi connectivity index (χ3v) is 2.61. The van der Waals surface area contributed by atoms with Gasteiger partial charge in [-0.05, 0) is 19.3 Å². The number of ether oxygens (including phenoxy) is 1. The second kappa shape index (κ2) is 10.8. The predicted octanol–water partition coefficient (Wildman–Crippen LogP) is 1.13. The average Bonchev–Trinajstić information content (AvgIpc) is 2.32. The van der Waals surface area contributed by atoms with Crippen LogP contribution in [0, 0.1) is 0 Å². The summed E-state index contributed by atoms with van der Waals surface area (Å²) in [5.74, 6) is -0.807. The van der Waals surface area contributed by atoms with Crippen LogP contribution in [0.25, 0.3) is 0 Å². The minimum absolute atomic E-state index is 0.0525. The van der Waals surface area contributed by atoms with Gasteiger partial charge in [0.05, 0.1) is 0 Å². The molecule has 0 aliphatic rings. The molecule has 0 aromatic rings. The lowest BCUT2D eigenvalue weighted by atomic mass is 10.1. The monoisotopic (exact) mass is 256 g/mol. The van der Waals surface area contributed by atoms with E-state index in [1.165, 1.54) is 7.11 Å². The number of allylic oxidation sites excluding steroid dienone is 1. The molecule has 5 heteroatoms. The molecule has 0 aromatic heterocycles. The van der Waals surface area contributed by atoms with Gasteiger partial charge in [0.25, 0.3) is 0 Å². The summed E-state index contributed by atoms with van der Waals surface area (Å²) in [6.45, 7) is 3.61. The average molecular weight is 256 g/mol. The Kier molecular flexibility index (Phi) is 9.96. The lowest BCUT2D eigenvalue weighted by molar-refractivity contribution is -0.129. The van der Waals surface area contributed by atoms with Gasteiger partial charge in [0, 0.05) is 7.11 Å². The fourth-order valence-electron chi connectivity index (χ4n) is 1.64. The number of amides is 2. The molecule has 0 aliphatic carbocycles. The first-order chi connectivity index (χ1) is 8.61. The van der Waals surface area contributed by atoms with E-state index in [1.807, 2.05) is 6.08 Å². The van der Waals surface area contributed by atoms with Crippen molar-refractivity contribution in [3.05, 3.63) is 12.7 Å². The number of nitrogens with one attached hydrogen (secondary N) is 1. The predicted molar refractivity (Wildman–Crippen MR) is 70.9 cm³/mol. The Morgan fingerprint density at radius 3 is 2.56 bits per heavy atom. The van der Waals surface area contributed by atoms with Crippen molar-refractivity contribution >= 4 is 11.8 Å². The van der Waals surface area contributed by atoms with Crippen LogP contribution in [-0.4, -0.2) is 31.6 Å². The second-order valence-corrected chi connectivity index (χ2v) is 4.24. The van der Waals surface area contributed by atoms with Gasteiger partial charge in [0.1, 0.15) is 12.6 Å². The van der Waals surface area contributed by atoms with E-state index < -0.39 is 11.9 Å². The standard InChI is InChI=1S/C13H24N2O3/c1-3-4-5-6-7-8-9-11(13(14)17)15-12(16)10-18-2/h3,11H,1,4-10H2,2H3,(H2,14,17)(H,15,16)/t11-/m0/s1. The van der Waals surface area contributed by atoms with Gasteiger partial charge in [-0.2, -0.15) is 0 Å². The molecule has 5 nitrogen and oxygen atoms in total. The maximum atomic E-state index is 11.3. The lowest BCUT2D eigenvalue weighted by Crippen LogP contribution is -2.45. The molecule has 0 saturated heterocycles. The molecule has 0 rings (SSSR count). The molecule has 0 heterocycles. The molecule has 2 amide bonds. The van der Waals surface area contributed by atoms with Gasteiger partial charge in [-0.25, -0.2) is 0 Å². The zero-order valence-corrected chi connectivity index (χ0v) is 11.1. The molecule has 0 saturated carbocycles. The number of hydrogen-bond donors (Lipinski definition) is 2. The van der Waals surface area contributed by atoms with Gasteiger partial charge in [0.15, 0.2) is 0 Å². The molecule has 0 aromatic carbocycles. The van der Waals surface area contributed by atoms with E-state index >= 15 is 0 Å². The normalized spacial score (nSPS) is 11.8. The second-order valence-electron chi connectivity index (χ2n) is 4.24. The first-order valence-electron chi connectivity index (χ1n) is 6.30. The summed E-state index contributed by atoms with van der Waals surface area (Å²) in [5, 5.41) is 2.56. The third-order valence-electron chi connectivity index (χ3n) is 2.61. The van der Waals surface area contributed by atoms with Crippen molar-refractivity contribution in [2.24, 2.45) is 5.73 Å². The Morgan fingerprint density at radius 1 is 1.33 bits per heavy atom. The van der Waals surface area contributed by atoms with E-state index in [2.05, 4.69) is 16.6 Å². The largest absolute Gasteiger partial charge is 0.375 e. The molecular weight excluding hydrogens is 232 g/mol. The molecule has 0 bridgehead atoms. The molecule has 104 valence electrons. The van der Waals surface area contributed by atoms with Gasteiger partial charge in [-0.3, -0.25) is 9.59 Å². The van der Waals surface area contributed by atoms with Crippen LogP contribution in [0.4, 0.5) is 0 Å². The van der Waals surface area contributed by atoms with Gasteiger partial charge in [0.2, 0.25) is 11.8 Å². The topological polar surface area (TPSA) is 81.4 Å². The summed E-state index contributed by atoms with van der Waals surface area (Å²) in [4.78, 5) is 22.4. The van der Waals surface area contributed by atoms with Crippen LogP contribution in [0.3, 0.4) is 0 Å². The third kappa shape index (κ3) is 8.75. The Bertz CT molecular complexity index is 267. The SMILES string of the molecule is C=CCCCCCC[C@H](NC(=O)COC)C(N)=O. The van der Waals surface area contributed by atoms with Crippen molar-refractivity contribution in [2.45, 2.75) is 44.6 Å². The summed E-state index contributed by atoms with van der Waals surface area (Å²) in [6.07, 6.45) is 7.61. The number of hydrogen-bond acceptors (Lipinski definition) is 3. The highest BCUT2D eigenvalue weighted by molar-refractivity contribution is 5.86. The molecule has 0 spiro atoms.